The van der Waals surface area contributed by atoms with Crippen molar-refractivity contribution in [1.29, 1.82) is 0 Å². The van der Waals surface area contributed by atoms with Crippen LogP contribution in [-0.4, -0.2) is 33.5 Å². The maximum atomic E-state index is 13.1. The predicted octanol–water partition coefficient (Wildman–Crippen LogP) is 1.51. The number of nitrogens with two attached hydrogens (primary N) is 1. The first kappa shape index (κ1) is 23.3. The van der Waals surface area contributed by atoms with Crippen molar-refractivity contribution < 1.29 is 4.79 Å². The van der Waals surface area contributed by atoms with E-state index < -0.39 is 11.2 Å². The number of carbonyl (C=O) groups is 1. The fraction of sp³-hybridized carbons (Fsp3) is 0.524. The number of hydrogen-bond donors (Lipinski definition) is 3. The molecule has 2 aromatic heterocycles. The fourth-order valence-corrected chi connectivity index (χ4v) is 3.15. The van der Waals surface area contributed by atoms with Gasteiger partial charge in [-0.2, -0.15) is 0 Å². The number of nitrogens with one attached hydrogen (secondary N) is 2. The van der Waals surface area contributed by atoms with E-state index in [1.165, 1.54) is 9.47 Å². The van der Waals surface area contributed by atoms with Gasteiger partial charge < -0.3 is 16.0 Å². The Morgan fingerprint density at radius 2 is 1.93 bits per heavy atom. The molecule has 1 amide bonds. The molecule has 1 atom stereocenters. The van der Waals surface area contributed by atoms with Crippen LogP contribution in [0.3, 0.4) is 0 Å². The Hall–Kier alpha value is -2.94. The standard InChI is InChI=1S/C21H32N6O3/c1-13(2)11-26(17(28)10-24-15(5)16-7-6-8-23-9-16)18-19(22)27(12-14(3)4)21(30)25-20(18)29/h6-9,13-15,24H,10-12,22H2,1-5H3,(H,25,29,30). The topological polar surface area (TPSA) is 126 Å². The minimum atomic E-state index is -0.660. The summed E-state index contributed by atoms with van der Waals surface area (Å²) in [6, 6.07) is 3.65. The van der Waals surface area contributed by atoms with Crippen molar-refractivity contribution in [2.75, 3.05) is 23.7 Å². The van der Waals surface area contributed by atoms with Gasteiger partial charge in [0.25, 0.3) is 5.56 Å². The number of H-pyrrole nitrogens is 1. The highest BCUT2D eigenvalue weighted by Gasteiger charge is 2.25. The molecule has 30 heavy (non-hydrogen) atoms. The number of aromatic amines is 1. The summed E-state index contributed by atoms with van der Waals surface area (Å²) in [6.45, 7) is 10.4. The molecule has 0 radical (unpaired) electrons. The minimum Gasteiger partial charge on any atom is -0.383 e. The lowest BCUT2D eigenvalue weighted by molar-refractivity contribution is -0.118. The fourth-order valence-electron chi connectivity index (χ4n) is 3.15. The van der Waals surface area contributed by atoms with Crippen LogP contribution < -0.4 is 27.2 Å². The van der Waals surface area contributed by atoms with E-state index in [-0.39, 0.29) is 41.8 Å². The van der Waals surface area contributed by atoms with Crippen molar-refractivity contribution in [3.05, 3.63) is 50.9 Å². The molecule has 0 aliphatic heterocycles. The maximum absolute atomic E-state index is 13.1. The van der Waals surface area contributed by atoms with Crippen LogP contribution in [-0.2, 0) is 11.3 Å². The van der Waals surface area contributed by atoms with Gasteiger partial charge in [-0.15, -0.1) is 0 Å². The molecule has 9 nitrogen and oxygen atoms in total. The molecule has 164 valence electrons. The zero-order valence-electron chi connectivity index (χ0n) is 18.3. The first-order valence-corrected chi connectivity index (χ1v) is 10.2. The summed E-state index contributed by atoms with van der Waals surface area (Å²) in [5.74, 6) is -0.0629. The van der Waals surface area contributed by atoms with Crippen LogP contribution in [0.25, 0.3) is 0 Å². The van der Waals surface area contributed by atoms with Gasteiger partial charge in [-0.3, -0.25) is 24.1 Å². The molecule has 2 aromatic rings. The normalized spacial score (nSPS) is 12.4. The van der Waals surface area contributed by atoms with E-state index in [2.05, 4.69) is 15.3 Å². The largest absolute Gasteiger partial charge is 0.383 e. The third-order valence-electron chi connectivity index (χ3n) is 4.62. The molecule has 0 aliphatic rings. The second-order valence-electron chi connectivity index (χ2n) is 8.28. The molecular formula is C21H32N6O3. The van der Waals surface area contributed by atoms with Gasteiger partial charge in [0.15, 0.2) is 5.69 Å². The maximum Gasteiger partial charge on any atom is 0.330 e. The van der Waals surface area contributed by atoms with E-state index in [1.54, 1.807) is 12.4 Å². The Morgan fingerprint density at radius 3 is 2.50 bits per heavy atom. The Labute approximate surface area is 176 Å². The molecule has 2 heterocycles. The Balaban J connectivity index is 2.34. The van der Waals surface area contributed by atoms with Gasteiger partial charge in [-0.1, -0.05) is 33.8 Å². The zero-order chi connectivity index (χ0) is 22.4. The Morgan fingerprint density at radius 1 is 1.23 bits per heavy atom. The number of anilines is 2. The number of nitrogens with zero attached hydrogens (tertiary/aromatic N) is 3. The number of hydrogen-bond acceptors (Lipinski definition) is 6. The van der Waals surface area contributed by atoms with E-state index in [0.717, 1.165) is 5.56 Å². The Bertz CT molecular complexity index is 965. The molecule has 0 spiro atoms. The number of pyridine rings is 1. The molecule has 0 aromatic carbocycles. The quantitative estimate of drug-likeness (QED) is 0.569. The average molecular weight is 417 g/mol. The Kier molecular flexibility index (Phi) is 7.93. The molecule has 0 aliphatic carbocycles. The van der Waals surface area contributed by atoms with Gasteiger partial charge in [0.05, 0.1) is 6.54 Å². The summed E-state index contributed by atoms with van der Waals surface area (Å²) < 4.78 is 1.31. The average Bonchev–Trinajstić information content (AvgIpc) is 2.68. The second kappa shape index (κ2) is 10.2. The van der Waals surface area contributed by atoms with Crippen molar-refractivity contribution >= 4 is 17.4 Å². The van der Waals surface area contributed by atoms with E-state index in [0.29, 0.717) is 13.1 Å². The van der Waals surface area contributed by atoms with E-state index >= 15 is 0 Å². The summed E-state index contributed by atoms with van der Waals surface area (Å²) in [6.07, 6.45) is 3.42. The van der Waals surface area contributed by atoms with E-state index in [4.69, 9.17) is 5.73 Å². The highest BCUT2D eigenvalue weighted by atomic mass is 16.2. The molecule has 0 fully saturated rings. The van der Waals surface area contributed by atoms with Gasteiger partial charge in [-0.25, -0.2) is 4.79 Å². The highest BCUT2D eigenvalue weighted by molar-refractivity contribution is 5.96. The number of carbonyl (C=O) groups excluding carboxylic acids is 1. The van der Waals surface area contributed by atoms with Gasteiger partial charge in [0.2, 0.25) is 5.91 Å². The van der Waals surface area contributed by atoms with Crippen LogP contribution in [0.1, 0.15) is 46.2 Å². The van der Waals surface area contributed by atoms with Crippen LogP contribution in [0.4, 0.5) is 11.5 Å². The highest BCUT2D eigenvalue weighted by Crippen LogP contribution is 2.19. The number of amides is 1. The first-order valence-electron chi connectivity index (χ1n) is 10.2. The summed E-state index contributed by atoms with van der Waals surface area (Å²) in [7, 11) is 0. The van der Waals surface area contributed by atoms with Gasteiger partial charge in [-0.05, 0) is 30.4 Å². The summed E-state index contributed by atoms with van der Waals surface area (Å²) in [4.78, 5) is 45.7. The number of rotatable bonds is 9. The predicted molar refractivity (Wildman–Crippen MR) is 118 cm³/mol. The molecule has 2 rings (SSSR count). The zero-order valence-corrected chi connectivity index (χ0v) is 18.3. The monoisotopic (exact) mass is 416 g/mol. The van der Waals surface area contributed by atoms with Crippen molar-refractivity contribution in [2.24, 2.45) is 11.8 Å². The number of nitrogen functional groups attached to an aromatic ring is 1. The van der Waals surface area contributed by atoms with Gasteiger partial charge in [0.1, 0.15) is 5.82 Å². The van der Waals surface area contributed by atoms with Crippen LogP contribution in [0.2, 0.25) is 0 Å². The van der Waals surface area contributed by atoms with E-state index in [1.807, 2.05) is 46.8 Å². The first-order chi connectivity index (χ1) is 14.1. The molecule has 0 saturated heterocycles. The third kappa shape index (κ3) is 5.79. The lowest BCUT2D eigenvalue weighted by atomic mass is 10.1. The SMILES string of the molecule is CC(C)CN(C(=O)CNC(C)c1cccnc1)c1c(N)n(CC(C)C)c(=O)[nH]c1=O. The summed E-state index contributed by atoms with van der Waals surface area (Å²) >= 11 is 0. The third-order valence-corrected chi connectivity index (χ3v) is 4.62. The summed E-state index contributed by atoms with van der Waals surface area (Å²) in [5.41, 5.74) is 5.95. The van der Waals surface area contributed by atoms with E-state index in [9.17, 15) is 14.4 Å². The van der Waals surface area contributed by atoms with Crippen LogP contribution in [0.5, 0.6) is 0 Å². The number of aromatic nitrogens is 3. The summed E-state index contributed by atoms with van der Waals surface area (Å²) in [5, 5.41) is 3.17. The lowest BCUT2D eigenvalue weighted by Gasteiger charge is -2.27. The van der Waals surface area contributed by atoms with Crippen LogP contribution in [0.15, 0.2) is 34.1 Å². The van der Waals surface area contributed by atoms with Crippen LogP contribution >= 0.6 is 0 Å². The molecule has 0 bridgehead atoms. The van der Waals surface area contributed by atoms with Gasteiger partial charge >= 0.3 is 5.69 Å². The molecule has 1 unspecified atom stereocenters. The second-order valence-corrected chi connectivity index (χ2v) is 8.28. The van der Waals surface area contributed by atoms with Crippen LogP contribution in [0, 0.1) is 11.8 Å². The molecule has 0 saturated carbocycles. The smallest absolute Gasteiger partial charge is 0.330 e. The van der Waals surface area contributed by atoms with Crippen molar-refractivity contribution in [3.63, 3.8) is 0 Å². The minimum absolute atomic E-state index is 0.00493. The molecule has 4 N–H and O–H groups in total. The van der Waals surface area contributed by atoms with Gasteiger partial charge in [0, 0.05) is 31.5 Å². The molecule has 9 heteroatoms. The van der Waals surface area contributed by atoms with Crippen molar-refractivity contribution in [2.45, 2.75) is 47.2 Å². The lowest BCUT2D eigenvalue weighted by Crippen LogP contribution is -2.46. The van der Waals surface area contributed by atoms with Crippen molar-refractivity contribution in [3.8, 4) is 0 Å². The molecular weight excluding hydrogens is 384 g/mol. The van der Waals surface area contributed by atoms with Crippen molar-refractivity contribution in [1.82, 2.24) is 19.9 Å².